The van der Waals surface area contributed by atoms with Crippen molar-refractivity contribution in [3.63, 3.8) is 0 Å². The van der Waals surface area contributed by atoms with Crippen LogP contribution < -0.4 is 0 Å². The van der Waals surface area contributed by atoms with Crippen LogP contribution >= 0.6 is 0 Å². The SMILES string of the molecule is CCC1=CC=C(OCCC(F)(F)F)C(C)C1. The fourth-order valence-corrected chi connectivity index (χ4v) is 1.66. The lowest BCUT2D eigenvalue weighted by atomic mass is 9.93. The van der Waals surface area contributed by atoms with Crippen LogP contribution in [0.4, 0.5) is 13.2 Å². The molecular weight excluding hydrogens is 217 g/mol. The first-order chi connectivity index (χ1) is 7.42. The van der Waals surface area contributed by atoms with Crippen LogP contribution in [0.1, 0.15) is 33.1 Å². The van der Waals surface area contributed by atoms with E-state index in [1.165, 1.54) is 5.57 Å². The smallest absolute Gasteiger partial charge is 0.392 e. The van der Waals surface area contributed by atoms with E-state index >= 15 is 0 Å². The Morgan fingerprint density at radius 2 is 2.06 bits per heavy atom. The summed E-state index contributed by atoms with van der Waals surface area (Å²) in [5, 5.41) is 0. The van der Waals surface area contributed by atoms with Gasteiger partial charge in [0, 0.05) is 5.92 Å². The van der Waals surface area contributed by atoms with E-state index in [1.807, 2.05) is 13.0 Å². The topological polar surface area (TPSA) is 9.23 Å². The number of hydrogen-bond acceptors (Lipinski definition) is 1. The first kappa shape index (κ1) is 13.1. The second-order valence-corrected chi connectivity index (χ2v) is 4.07. The van der Waals surface area contributed by atoms with Crippen molar-refractivity contribution < 1.29 is 17.9 Å². The molecular formula is C12H17F3O. The molecule has 1 unspecified atom stereocenters. The molecule has 92 valence electrons. The van der Waals surface area contributed by atoms with E-state index in [2.05, 4.69) is 6.92 Å². The molecule has 0 aromatic rings. The molecule has 1 aliphatic rings. The zero-order valence-electron chi connectivity index (χ0n) is 9.60. The molecule has 0 aromatic carbocycles. The molecule has 1 atom stereocenters. The average molecular weight is 234 g/mol. The van der Waals surface area contributed by atoms with Crippen LogP contribution in [0.15, 0.2) is 23.5 Å². The third-order valence-electron chi connectivity index (χ3n) is 2.65. The highest BCUT2D eigenvalue weighted by Crippen LogP contribution is 2.28. The van der Waals surface area contributed by atoms with Crippen molar-refractivity contribution in [2.45, 2.75) is 39.3 Å². The Hall–Kier alpha value is -0.930. The first-order valence-electron chi connectivity index (χ1n) is 5.51. The van der Waals surface area contributed by atoms with Crippen molar-refractivity contribution in [2.75, 3.05) is 6.61 Å². The minimum absolute atomic E-state index is 0.188. The van der Waals surface area contributed by atoms with Crippen LogP contribution in [0.3, 0.4) is 0 Å². The quantitative estimate of drug-likeness (QED) is 0.707. The molecule has 0 fully saturated rings. The summed E-state index contributed by atoms with van der Waals surface area (Å²) in [7, 11) is 0. The molecule has 4 heteroatoms. The van der Waals surface area contributed by atoms with Gasteiger partial charge in [-0.2, -0.15) is 13.2 Å². The third-order valence-corrected chi connectivity index (χ3v) is 2.65. The molecule has 0 bridgehead atoms. The van der Waals surface area contributed by atoms with Gasteiger partial charge in [-0.15, -0.1) is 0 Å². The molecule has 0 aromatic heterocycles. The summed E-state index contributed by atoms with van der Waals surface area (Å²) >= 11 is 0. The van der Waals surface area contributed by atoms with Crippen molar-refractivity contribution in [2.24, 2.45) is 5.92 Å². The number of rotatable bonds is 4. The molecule has 0 heterocycles. The van der Waals surface area contributed by atoms with Crippen LogP contribution in [0.5, 0.6) is 0 Å². The van der Waals surface area contributed by atoms with Gasteiger partial charge in [0.1, 0.15) is 0 Å². The molecule has 0 radical (unpaired) electrons. The van der Waals surface area contributed by atoms with Crippen LogP contribution in [0, 0.1) is 5.92 Å². The highest BCUT2D eigenvalue weighted by Gasteiger charge is 2.27. The van der Waals surface area contributed by atoms with Crippen LogP contribution in [-0.2, 0) is 4.74 Å². The predicted octanol–water partition coefficient (Wildman–Crippen LogP) is 4.22. The number of halogens is 3. The van der Waals surface area contributed by atoms with Gasteiger partial charge in [-0.25, -0.2) is 0 Å². The van der Waals surface area contributed by atoms with E-state index in [-0.39, 0.29) is 12.5 Å². The third kappa shape index (κ3) is 4.29. The maximum atomic E-state index is 11.9. The molecule has 0 spiro atoms. The summed E-state index contributed by atoms with van der Waals surface area (Å²) in [6, 6.07) is 0. The van der Waals surface area contributed by atoms with Crippen LogP contribution in [0.2, 0.25) is 0 Å². The van der Waals surface area contributed by atoms with Gasteiger partial charge in [-0.05, 0) is 18.9 Å². The summed E-state index contributed by atoms with van der Waals surface area (Å²) < 4.78 is 40.9. The monoisotopic (exact) mass is 234 g/mol. The molecule has 1 rings (SSSR count). The van der Waals surface area contributed by atoms with Gasteiger partial charge in [0.15, 0.2) is 0 Å². The van der Waals surface area contributed by atoms with E-state index in [0.29, 0.717) is 5.76 Å². The Morgan fingerprint density at radius 1 is 1.38 bits per heavy atom. The van der Waals surface area contributed by atoms with E-state index in [0.717, 1.165) is 12.8 Å². The van der Waals surface area contributed by atoms with Gasteiger partial charge in [-0.3, -0.25) is 0 Å². The summed E-state index contributed by atoms with van der Waals surface area (Å²) in [4.78, 5) is 0. The molecule has 0 saturated heterocycles. The Morgan fingerprint density at radius 3 is 2.56 bits per heavy atom. The minimum Gasteiger partial charge on any atom is -0.497 e. The van der Waals surface area contributed by atoms with Gasteiger partial charge < -0.3 is 4.74 Å². The lowest BCUT2D eigenvalue weighted by Crippen LogP contribution is -2.14. The maximum Gasteiger partial charge on any atom is 0.392 e. The summed E-state index contributed by atoms with van der Waals surface area (Å²) in [5.74, 6) is 0.856. The van der Waals surface area contributed by atoms with Crippen molar-refractivity contribution in [3.8, 4) is 0 Å². The first-order valence-corrected chi connectivity index (χ1v) is 5.51. The second-order valence-electron chi connectivity index (χ2n) is 4.07. The summed E-state index contributed by atoms with van der Waals surface area (Å²) in [6.07, 6.45) is 0.585. The van der Waals surface area contributed by atoms with Crippen molar-refractivity contribution in [3.05, 3.63) is 23.5 Å². The highest BCUT2D eigenvalue weighted by atomic mass is 19.4. The molecule has 0 saturated carbocycles. The number of allylic oxidation sites excluding steroid dienone is 4. The van der Waals surface area contributed by atoms with Crippen LogP contribution in [0.25, 0.3) is 0 Å². The summed E-state index contributed by atoms with van der Waals surface area (Å²) in [6.45, 7) is 3.76. The largest absolute Gasteiger partial charge is 0.497 e. The van der Waals surface area contributed by atoms with Crippen LogP contribution in [-0.4, -0.2) is 12.8 Å². The normalized spacial score (nSPS) is 21.4. The fraction of sp³-hybridized carbons (Fsp3) is 0.667. The maximum absolute atomic E-state index is 11.9. The summed E-state index contributed by atoms with van der Waals surface area (Å²) in [5.41, 5.74) is 1.32. The molecule has 1 nitrogen and oxygen atoms in total. The predicted molar refractivity (Wildman–Crippen MR) is 56.9 cm³/mol. The lowest BCUT2D eigenvalue weighted by molar-refractivity contribution is -0.143. The van der Waals surface area contributed by atoms with Gasteiger partial charge >= 0.3 is 6.18 Å². The Kier molecular flexibility index (Phi) is 4.44. The standard InChI is InChI=1S/C12H17F3O/c1-3-10-4-5-11(9(2)8-10)16-7-6-12(13,14)15/h4-5,9H,3,6-8H2,1-2H3. The van der Waals surface area contributed by atoms with E-state index in [4.69, 9.17) is 4.74 Å². The molecule has 0 N–H and O–H groups in total. The number of ether oxygens (including phenoxy) is 1. The Balaban J connectivity index is 2.43. The lowest BCUT2D eigenvalue weighted by Gasteiger charge is -2.21. The zero-order valence-corrected chi connectivity index (χ0v) is 9.60. The Bertz CT molecular complexity index is 289. The number of alkyl halides is 3. The number of hydrogen-bond donors (Lipinski definition) is 0. The minimum atomic E-state index is -4.14. The highest BCUT2D eigenvalue weighted by molar-refractivity contribution is 5.22. The van der Waals surface area contributed by atoms with Gasteiger partial charge in [-0.1, -0.05) is 25.5 Å². The molecule has 0 amide bonds. The van der Waals surface area contributed by atoms with E-state index < -0.39 is 12.6 Å². The van der Waals surface area contributed by atoms with E-state index in [9.17, 15) is 13.2 Å². The van der Waals surface area contributed by atoms with Crippen molar-refractivity contribution >= 4 is 0 Å². The van der Waals surface area contributed by atoms with Crippen molar-refractivity contribution in [1.29, 1.82) is 0 Å². The fourth-order valence-electron chi connectivity index (χ4n) is 1.66. The molecule has 1 aliphatic carbocycles. The van der Waals surface area contributed by atoms with Gasteiger partial charge in [0.2, 0.25) is 0 Å². The van der Waals surface area contributed by atoms with E-state index in [1.54, 1.807) is 6.08 Å². The zero-order chi connectivity index (χ0) is 12.2. The van der Waals surface area contributed by atoms with Gasteiger partial charge in [0.05, 0.1) is 18.8 Å². The average Bonchev–Trinajstić information content (AvgIpc) is 2.18. The van der Waals surface area contributed by atoms with Crippen molar-refractivity contribution in [1.82, 2.24) is 0 Å². The van der Waals surface area contributed by atoms with Gasteiger partial charge in [0.25, 0.3) is 0 Å². The Labute approximate surface area is 94.0 Å². The second kappa shape index (κ2) is 5.41. The molecule has 0 aliphatic heterocycles. The molecule has 16 heavy (non-hydrogen) atoms.